The Hall–Kier alpha value is -1.22. The van der Waals surface area contributed by atoms with Gasteiger partial charge in [-0.25, -0.2) is 9.59 Å². The molecule has 8 nitrogen and oxygen atoms in total. The Kier molecular flexibility index (Phi) is 10.1. The largest absolute Gasteiger partial charge is 0.479 e. The van der Waals surface area contributed by atoms with Gasteiger partial charge in [0.2, 0.25) is 0 Å². The van der Waals surface area contributed by atoms with Crippen LogP contribution in [0.15, 0.2) is 0 Å². The lowest BCUT2D eigenvalue weighted by molar-refractivity contribution is -0.149. The van der Waals surface area contributed by atoms with Gasteiger partial charge >= 0.3 is 11.9 Å². The normalized spacial score (nSPS) is 13.1. The molecule has 0 fully saturated rings. The van der Waals surface area contributed by atoms with Crippen molar-refractivity contribution in [3.8, 4) is 0 Å². The first-order chi connectivity index (χ1) is 6.90. The molecule has 0 saturated carbocycles. The molecule has 0 amide bonds. The molecule has 0 aliphatic rings. The highest BCUT2D eigenvalue weighted by Gasteiger charge is 2.11. The topological polar surface area (TPSA) is 156 Å². The monoisotopic (exact) mass is 224 g/mol. The molecule has 0 aromatic rings. The molecule has 0 heterocycles. The molecule has 0 aromatic carbocycles. The van der Waals surface area contributed by atoms with E-state index in [0.717, 1.165) is 0 Å². The maximum absolute atomic E-state index is 10.2. The highest BCUT2D eigenvalue weighted by atomic mass is 16.5. The molecule has 90 valence electrons. The molecule has 0 saturated heterocycles. The third-order valence-electron chi connectivity index (χ3n) is 1.20. The lowest BCUT2D eigenvalue weighted by atomic mass is 10.4. The van der Waals surface area contributed by atoms with Crippen molar-refractivity contribution < 1.29 is 29.6 Å². The molecule has 0 rings (SSSR count). The predicted molar refractivity (Wildman–Crippen MR) is 49.8 cm³/mol. The first-order valence-electron chi connectivity index (χ1n) is 3.97. The lowest BCUT2D eigenvalue weighted by Gasteiger charge is -2.02. The molecule has 0 spiro atoms. The van der Waals surface area contributed by atoms with Crippen LogP contribution in [-0.4, -0.2) is 59.7 Å². The number of hydrogen-bond acceptors (Lipinski definition) is 7. The minimum absolute atomic E-state index is 0.0906. The second-order valence-corrected chi connectivity index (χ2v) is 2.36. The molecule has 0 aromatic heterocycles. The number of nitrogens with two attached hydrogens (primary N) is 2. The Labute approximate surface area is 86.4 Å². The Bertz CT molecular complexity index is 198. The van der Waals surface area contributed by atoms with Crippen molar-refractivity contribution in [2.24, 2.45) is 11.5 Å². The summed E-state index contributed by atoms with van der Waals surface area (Å²) in [6.45, 7) is -0.317. The SMILES string of the molecule is COC(=O)C(O)CN.NCC(O)C(=O)O. The molecule has 0 aliphatic carbocycles. The van der Waals surface area contributed by atoms with E-state index in [-0.39, 0.29) is 13.1 Å². The summed E-state index contributed by atoms with van der Waals surface area (Å²) in [6.07, 6.45) is -2.57. The van der Waals surface area contributed by atoms with Crippen LogP contribution >= 0.6 is 0 Å². The molecular formula is C7H16N2O6. The van der Waals surface area contributed by atoms with Crippen molar-refractivity contribution in [3.63, 3.8) is 0 Å². The van der Waals surface area contributed by atoms with Crippen LogP contribution in [0.4, 0.5) is 0 Å². The van der Waals surface area contributed by atoms with E-state index < -0.39 is 24.1 Å². The maximum atomic E-state index is 10.2. The van der Waals surface area contributed by atoms with E-state index in [1.165, 1.54) is 7.11 Å². The van der Waals surface area contributed by atoms with Gasteiger partial charge in [0, 0.05) is 13.1 Å². The number of aliphatic hydroxyl groups is 2. The van der Waals surface area contributed by atoms with Crippen molar-refractivity contribution in [3.05, 3.63) is 0 Å². The Morgan fingerprint density at radius 2 is 1.60 bits per heavy atom. The quantitative estimate of drug-likeness (QED) is 0.314. The number of aliphatic hydroxyl groups excluding tert-OH is 2. The Morgan fingerprint density at radius 3 is 1.67 bits per heavy atom. The number of carboxylic acids is 1. The molecule has 2 unspecified atom stereocenters. The highest BCUT2D eigenvalue weighted by molar-refractivity contribution is 5.74. The molecular weight excluding hydrogens is 208 g/mol. The molecule has 7 N–H and O–H groups in total. The third-order valence-corrected chi connectivity index (χ3v) is 1.20. The second kappa shape index (κ2) is 9.34. The van der Waals surface area contributed by atoms with E-state index in [0.29, 0.717) is 0 Å². The molecule has 0 aliphatic heterocycles. The van der Waals surface area contributed by atoms with Crippen LogP contribution in [0.5, 0.6) is 0 Å². The number of rotatable bonds is 4. The summed E-state index contributed by atoms with van der Waals surface area (Å²) in [7, 11) is 1.20. The van der Waals surface area contributed by atoms with Crippen molar-refractivity contribution in [1.29, 1.82) is 0 Å². The smallest absolute Gasteiger partial charge is 0.336 e. The van der Waals surface area contributed by atoms with Gasteiger partial charge in [0.25, 0.3) is 0 Å². The van der Waals surface area contributed by atoms with Crippen LogP contribution in [0, 0.1) is 0 Å². The van der Waals surface area contributed by atoms with E-state index in [9.17, 15) is 9.59 Å². The zero-order valence-electron chi connectivity index (χ0n) is 8.29. The van der Waals surface area contributed by atoms with E-state index in [1.54, 1.807) is 0 Å². The fourth-order valence-electron chi connectivity index (χ4n) is 0.333. The van der Waals surface area contributed by atoms with Gasteiger partial charge in [-0.3, -0.25) is 0 Å². The van der Waals surface area contributed by atoms with Crippen LogP contribution in [-0.2, 0) is 14.3 Å². The summed E-state index contributed by atoms with van der Waals surface area (Å²) in [5.41, 5.74) is 9.64. The molecule has 15 heavy (non-hydrogen) atoms. The van der Waals surface area contributed by atoms with Gasteiger partial charge in [0.05, 0.1) is 7.11 Å². The van der Waals surface area contributed by atoms with Gasteiger partial charge in [-0.05, 0) is 0 Å². The van der Waals surface area contributed by atoms with E-state index in [2.05, 4.69) is 4.74 Å². The summed E-state index contributed by atoms with van der Waals surface area (Å²) < 4.78 is 4.13. The van der Waals surface area contributed by atoms with Crippen LogP contribution in [0.1, 0.15) is 0 Å². The average molecular weight is 224 g/mol. The second-order valence-electron chi connectivity index (χ2n) is 2.36. The third kappa shape index (κ3) is 9.09. The van der Waals surface area contributed by atoms with Crippen molar-refractivity contribution >= 4 is 11.9 Å². The van der Waals surface area contributed by atoms with E-state index >= 15 is 0 Å². The standard InChI is InChI=1S/C4H9NO3.C3H7NO3/c1-8-4(7)3(6)2-5;4-1-2(5)3(6)7/h3,6H,2,5H2,1H3;2,5H,1,4H2,(H,6,7). The van der Waals surface area contributed by atoms with Crippen LogP contribution in [0.3, 0.4) is 0 Å². The van der Waals surface area contributed by atoms with Gasteiger partial charge < -0.3 is 31.5 Å². The van der Waals surface area contributed by atoms with Crippen LogP contribution < -0.4 is 11.5 Å². The number of hydrogen-bond donors (Lipinski definition) is 5. The highest BCUT2D eigenvalue weighted by Crippen LogP contribution is 1.80. The van der Waals surface area contributed by atoms with Gasteiger partial charge in [0.1, 0.15) is 0 Å². The lowest BCUT2D eigenvalue weighted by Crippen LogP contribution is -2.29. The fourth-order valence-corrected chi connectivity index (χ4v) is 0.333. The summed E-state index contributed by atoms with van der Waals surface area (Å²) in [5, 5.41) is 24.6. The summed E-state index contributed by atoms with van der Waals surface area (Å²) in [6, 6.07) is 0. The molecule has 8 heteroatoms. The maximum Gasteiger partial charge on any atom is 0.336 e. The first-order valence-corrected chi connectivity index (χ1v) is 3.97. The summed E-state index contributed by atoms with van der Waals surface area (Å²) >= 11 is 0. The zero-order chi connectivity index (χ0) is 12.4. The van der Waals surface area contributed by atoms with Crippen LogP contribution in [0.25, 0.3) is 0 Å². The van der Waals surface area contributed by atoms with Gasteiger partial charge in [0.15, 0.2) is 12.2 Å². The number of aliphatic carboxylic acids is 1. The van der Waals surface area contributed by atoms with Gasteiger partial charge in [-0.1, -0.05) is 0 Å². The zero-order valence-corrected chi connectivity index (χ0v) is 8.29. The van der Waals surface area contributed by atoms with E-state index in [1.807, 2.05) is 0 Å². The molecule has 2 atom stereocenters. The summed E-state index contributed by atoms with van der Waals surface area (Å²) in [4.78, 5) is 19.8. The molecule has 0 bridgehead atoms. The predicted octanol–water partition coefficient (Wildman–Crippen LogP) is -3.13. The van der Waals surface area contributed by atoms with Gasteiger partial charge in [-0.2, -0.15) is 0 Å². The minimum Gasteiger partial charge on any atom is -0.479 e. The fraction of sp³-hybridized carbons (Fsp3) is 0.714. The number of methoxy groups -OCH3 is 1. The van der Waals surface area contributed by atoms with Crippen LogP contribution in [0.2, 0.25) is 0 Å². The first kappa shape index (κ1) is 16.2. The Balaban J connectivity index is 0. The van der Waals surface area contributed by atoms with Crippen molar-refractivity contribution in [2.75, 3.05) is 20.2 Å². The number of ether oxygens (including phenoxy) is 1. The number of carbonyl (C=O) groups excluding carboxylic acids is 1. The van der Waals surface area contributed by atoms with Crippen molar-refractivity contribution in [2.45, 2.75) is 12.2 Å². The van der Waals surface area contributed by atoms with E-state index in [4.69, 9.17) is 26.8 Å². The van der Waals surface area contributed by atoms with Crippen molar-refractivity contribution in [1.82, 2.24) is 0 Å². The summed E-state index contributed by atoms with van der Waals surface area (Å²) in [5.74, 6) is -1.96. The van der Waals surface area contributed by atoms with Gasteiger partial charge in [-0.15, -0.1) is 0 Å². The molecule has 0 radical (unpaired) electrons. The minimum atomic E-state index is -1.40. The average Bonchev–Trinajstić information content (AvgIpc) is 2.26. The number of carbonyl (C=O) groups is 2. The number of carboxylic acid groups (broad SMARTS) is 1. The Morgan fingerprint density at radius 1 is 1.20 bits per heavy atom. The number of esters is 1.